The molecule has 0 saturated carbocycles. The summed E-state index contributed by atoms with van der Waals surface area (Å²) in [5, 5.41) is 11.8. The van der Waals surface area contributed by atoms with E-state index in [9.17, 15) is 14.4 Å². The van der Waals surface area contributed by atoms with Crippen molar-refractivity contribution in [2.45, 2.75) is 18.1 Å². The predicted molar refractivity (Wildman–Crippen MR) is 117 cm³/mol. The number of aromatic nitrogens is 2. The Morgan fingerprint density at radius 3 is 2.71 bits per heavy atom. The molecule has 0 aliphatic rings. The Hall–Kier alpha value is -3.64. The molecule has 0 unspecified atom stereocenters. The van der Waals surface area contributed by atoms with Crippen LogP contribution in [0.4, 0.5) is 0 Å². The normalized spacial score (nSPS) is 10.5. The van der Waals surface area contributed by atoms with Crippen molar-refractivity contribution in [3.8, 4) is 6.07 Å². The van der Waals surface area contributed by atoms with E-state index < -0.39 is 5.97 Å². The van der Waals surface area contributed by atoms with Crippen molar-refractivity contribution < 1.29 is 14.3 Å². The molecule has 1 amide bonds. The first kappa shape index (κ1) is 22.1. The van der Waals surface area contributed by atoms with Gasteiger partial charge in [0.25, 0.3) is 5.56 Å². The summed E-state index contributed by atoms with van der Waals surface area (Å²) < 4.78 is 6.28. The molecule has 158 valence electrons. The van der Waals surface area contributed by atoms with Gasteiger partial charge in [0.2, 0.25) is 5.91 Å². The molecule has 9 heteroatoms. The minimum atomic E-state index is -0.526. The van der Waals surface area contributed by atoms with E-state index in [0.29, 0.717) is 29.0 Å². The van der Waals surface area contributed by atoms with Gasteiger partial charge in [0.05, 0.1) is 35.4 Å². The number of nitriles is 1. The third-order valence-electron chi connectivity index (χ3n) is 4.51. The number of hydrogen-bond acceptors (Lipinski definition) is 7. The number of aryl methyl sites for hydroxylation is 1. The van der Waals surface area contributed by atoms with Gasteiger partial charge in [-0.2, -0.15) is 5.26 Å². The number of carbonyl (C=O) groups excluding carboxylic acids is 2. The molecule has 3 rings (SSSR count). The maximum Gasteiger partial charge on any atom is 0.337 e. The largest absolute Gasteiger partial charge is 0.465 e. The highest BCUT2D eigenvalue weighted by Gasteiger charge is 2.15. The summed E-state index contributed by atoms with van der Waals surface area (Å²) in [6, 6.07) is 16.2. The Bertz CT molecular complexity index is 1200. The number of thioether (sulfide) groups is 1. The monoisotopic (exact) mass is 436 g/mol. The van der Waals surface area contributed by atoms with Gasteiger partial charge < -0.3 is 10.1 Å². The second kappa shape index (κ2) is 10.4. The quantitative estimate of drug-likeness (QED) is 0.249. The van der Waals surface area contributed by atoms with E-state index in [1.54, 1.807) is 6.07 Å². The fraction of sp³-hybridized carbons (Fsp3) is 0.227. The van der Waals surface area contributed by atoms with E-state index in [0.717, 1.165) is 17.3 Å². The van der Waals surface area contributed by atoms with Crippen LogP contribution in [0.2, 0.25) is 0 Å². The molecule has 0 aliphatic carbocycles. The van der Waals surface area contributed by atoms with Gasteiger partial charge in [-0.25, -0.2) is 9.78 Å². The lowest BCUT2D eigenvalue weighted by molar-refractivity contribution is -0.118. The van der Waals surface area contributed by atoms with Gasteiger partial charge >= 0.3 is 5.97 Å². The maximum absolute atomic E-state index is 13.2. The third-order valence-corrected chi connectivity index (χ3v) is 5.48. The zero-order chi connectivity index (χ0) is 22.2. The van der Waals surface area contributed by atoms with Crippen molar-refractivity contribution in [2.24, 2.45) is 0 Å². The van der Waals surface area contributed by atoms with Crippen molar-refractivity contribution in [2.75, 3.05) is 19.4 Å². The molecule has 1 heterocycles. The van der Waals surface area contributed by atoms with E-state index in [-0.39, 0.29) is 29.3 Å². The smallest absolute Gasteiger partial charge is 0.337 e. The van der Waals surface area contributed by atoms with Crippen LogP contribution in [0.25, 0.3) is 10.9 Å². The Kier molecular flexibility index (Phi) is 7.40. The number of benzene rings is 2. The number of hydrogen-bond donors (Lipinski definition) is 1. The van der Waals surface area contributed by atoms with Gasteiger partial charge in [0.15, 0.2) is 5.16 Å². The van der Waals surface area contributed by atoms with Crippen molar-refractivity contribution in [3.05, 3.63) is 70.0 Å². The van der Waals surface area contributed by atoms with E-state index in [2.05, 4.69) is 10.3 Å². The standard InChI is InChI=1S/C22H20N4O4S/c1-30-21(29)16-7-8-17-18(13-16)25-22(31-14-19(27)24-11-10-23)26(20(17)28)12-9-15-5-3-2-4-6-15/h2-8,13H,9,11-12,14H2,1H3,(H,24,27). The molecule has 0 saturated heterocycles. The summed E-state index contributed by atoms with van der Waals surface area (Å²) in [7, 11) is 1.28. The molecule has 0 fully saturated rings. The summed E-state index contributed by atoms with van der Waals surface area (Å²) in [6.45, 7) is 0.292. The van der Waals surface area contributed by atoms with Crippen molar-refractivity contribution in [3.63, 3.8) is 0 Å². The topological polar surface area (TPSA) is 114 Å². The number of amides is 1. The zero-order valence-corrected chi connectivity index (χ0v) is 17.6. The van der Waals surface area contributed by atoms with Gasteiger partial charge in [0.1, 0.15) is 6.54 Å². The fourth-order valence-corrected chi connectivity index (χ4v) is 3.81. The predicted octanol–water partition coefficient (Wildman–Crippen LogP) is 2.16. The highest BCUT2D eigenvalue weighted by molar-refractivity contribution is 7.99. The molecule has 2 aromatic carbocycles. The van der Waals surface area contributed by atoms with Crippen molar-refractivity contribution in [1.82, 2.24) is 14.9 Å². The molecule has 8 nitrogen and oxygen atoms in total. The number of methoxy groups -OCH3 is 1. The van der Waals surface area contributed by atoms with E-state index in [4.69, 9.17) is 10.00 Å². The number of nitrogens with zero attached hydrogens (tertiary/aromatic N) is 3. The molecule has 0 aliphatic heterocycles. The highest BCUT2D eigenvalue weighted by atomic mass is 32.2. The van der Waals surface area contributed by atoms with Crippen molar-refractivity contribution >= 4 is 34.5 Å². The van der Waals surface area contributed by atoms with E-state index in [1.165, 1.54) is 23.8 Å². The number of esters is 1. The molecule has 31 heavy (non-hydrogen) atoms. The van der Waals surface area contributed by atoms with Crippen LogP contribution < -0.4 is 10.9 Å². The summed E-state index contributed by atoms with van der Waals surface area (Å²) in [4.78, 5) is 41.5. The lowest BCUT2D eigenvalue weighted by Gasteiger charge is -2.13. The van der Waals surface area contributed by atoms with E-state index in [1.807, 2.05) is 36.4 Å². The first-order valence-electron chi connectivity index (χ1n) is 9.46. The number of nitrogens with one attached hydrogen (secondary N) is 1. The maximum atomic E-state index is 13.2. The van der Waals surface area contributed by atoms with Crippen LogP contribution in [-0.2, 0) is 22.5 Å². The van der Waals surface area contributed by atoms with Gasteiger partial charge in [-0.05, 0) is 30.2 Å². The van der Waals surface area contributed by atoms with Crippen LogP contribution in [0.15, 0.2) is 58.5 Å². The lowest BCUT2D eigenvalue weighted by Crippen LogP contribution is -2.27. The Morgan fingerprint density at radius 2 is 2.00 bits per heavy atom. The van der Waals surface area contributed by atoms with Crippen LogP contribution in [-0.4, -0.2) is 40.8 Å². The first-order chi connectivity index (χ1) is 15.0. The average Bonchev–Trinajstić information content (AvgIpc) is 2.80. The first-order valence-corrected chi connectivity index (χ1v) is 10.5. The minimum Gasteiger partial charge on any atom is -0.465 e. The van der Waals surface area contributed by atoms with Crippen LogP contribution in [0.1, 0.15) is 15.9 Å². The number of carbonyl (C=O) groups is 2. The Labute approximate surface area is 182 Å². The SMILES string of the molecule is COC(=O)c1ccc2c(=O)n(CCc3ccccc3)c(SCC(=O)NCC#N)nc2c1. The molecule has 3 aromatic rings. The minimum absolute atomic E-state index is 0.00164. The summed E-state index contributed by atoms with van der Waals surface area (Å²) in [5.41, 5.74) is 1.45. The highest BCUT2D eigenvalue weighted by Crippen LogP contribution is 2.20. The van der Waals surface area contributed by atoms with E-state index >= 15 is 0 Å². The molecule has 0 atom stereocenters. The summed E-state index contributed by atoms with van der Waals surface area (Å²) >= 11 is 1.10. The molecule has 1 aromatic heterocycles. The zero-order valence-electron chi connectivity index (χ0n) is 16.8. The van der Waals surface area contributed by atoms with Gasteiger partial charge in [-0.1, -0.05) is 42.1 Å². The van der Waals surface area contributed by atoms with Crippen LogP contribution in [0.5, 0.6) is 0 Å². The van der Waals surface area contributed by atoms with Crippen LogP contribution in [0, 0.1) is 11.3 Å². The summed E-state index contributed by atoms with van der Waals surface area (Å²) in [5.74, 6) is -0.859. The molecular formula is C22H20N4O4S. The van der Waals surface area contributed by atoms with Crippen molar-refractivity contribution in [1.29, 1.82) is 5.26 Å². The third kappa shape index (κ3) is 5.49. The Morgan fingerprint density at radius 1 is 1.23 bits per heavy atom. The lowest BCUT2D eigenvalue weighted by atomic mass is 10.1. The molecule has 0 bridgehead atoms. The van der Waals surface area contributed by atoms with Gasteiger partial charge in [-0.3, -0.25) is 14.2 Å². The van der Waals surface area contributed by atoms with Crippen LogP contribution >= 0.6 is 11.8 Å². The molecular weight excluding hydrogens is 416 g/mol. The fourth-order valence-electron chi connectivity index (χ4n) is 2.96. The van der Waals surface area contributed by atoms with Crippen LogP contribution in [0.3, 0.4) is 0 Å². The van der Waals surface area contributed by atoms with Gasteiger partial charge in [-0.15, -0.1) is 0 Å². The second-order valence-corrected chi connectivity index (χ2v) is 7.48. The van der Waals surface area contributed by atoms with Gasteiger partial charge in [0, 0.05) is 6.54 Å². The molecule has 0 spiro atoms. The number of fused-ring (bicyclic) bond motifs is 1. The molecule has 0 radical (unpaired) electrons. The number of ether oxygens (including phenoxy) is 1. The Balaban J connectivity index is 1.97. The average molecular weight is 436 g/mol. The summed E-state index contributed by atoms with van der Waals surface area (Å²) in [6.07, 6.45) is 0.613. The number of rotatable bonds is 8. The molecule has 1 N–H and O–H groups in total. The second-order valence-electron chi connectivity index (χ2n) is 6.53.